The molecule has 1 heterocycles. The van der Waals surface area contributed by atoms with E-state index in [-0.39, 0.29) is 17.2 Å². The van der Waals surface area contributed by atoms with Crippen LogP contribution in [0.2, 0.25) is 0 Å². The van der Waals surface area contributed by atoms with Crippen LogP contribution < -0.4 is 10.9 Å². The van der Waals surface area contributed by atoms with Gasteiger partial charge in [-0.3, -0.25) is 20.4 Å². The second kappa shape index (κ2) is 9.18. The van der Waals surface area contributed by atoms with E-state index in [9.17, 15) is 18.0 Å². The molecule has 0 unspecified atom stereocenters. The monoisotopic (exact) mass is 413 g/mol. The average Bonchev–Trinajstić information content (AvgIpc) is 3.28. The van der Waals surface area contributed by atoms with Crippen LogP contribution in [0.4, 0.5) is 0 Å². The maximum atomic E-state index is 13.0. The maximum absolute atomic E-state index is 13.0. The van der Waals surface area contributed by atoms with Gasteiger partial charge in [-0.2, -0.15) is 4.31 Å². The molecule has 150 valence electrons. The number of benzene rings is 2. The lowest BCUT2D eigenvalue weighted by atomic mass is 10.2. The van der Waals surface area contributed by atoms with Crippen molar-refractivity contribution in [2.75, 3.05) is 6.54 Å². The summed E-state index contributed by atoms with van der Waals surface area (Å²) in [6, 6.07) is 19.7. The Morgan fingerprint density at radius 1 is 0.862 bits per heavy atom. The van der Waals surface area contributed by atoms with Crippen LogP contribution >= 0.6 is 0 Å². The normalized spacial score (nSPS) is 11.2. The summed E-state index contributed by atoms with van der Waals surface area (Å²) in [7, 11) is -3.93. The molecule has 2 amide bonds. The fraction of sp³-hybridized carbons (Fsp3) is 0.100. The summed E-state index contributed by atoms with van der Waals surface area (Å²) in [6.45, 7) is -0.484. The van der Waals surface area contributed by atoms with Gasteiger partial charge in [-0.05, 0) is 29.8 Å². The van der Waals surface area contributed by atoms with Gasteiger partial charge >= 0.3 is 5.91 Å². The van der Waals surface area contributed by atoms with Crippen molar-refractivity contribution in [3.05, 3.63) is 90.4 Å². The van der Waals surface area contributed by atoms with Crippen LogP contribution in [-0.2, 0) is 21.4 Å². The third-order valence-electron chi connectivity index (χ3n) is 3.96. The Labute approximate surface area is 168 Å². The van der Waals surface area contributed by atoms with Crippen molar-refractivity contribution >= 4 is 21.8 Å². The molecule has 0 saturated heterocycles. The molecule has 3 aromatic rings. The number of hydrazine groups is 1. The summed E-state index contributed by atoms with van der Waals surface area (Å²) in [5, 5.41) is 0. The molecule has 3 rings (SSSR count). The van der Waals surface area contributed by atoms with Gasteiger partial charge in [0.25, 0.3) is 5.91 Å². The van der Waals surface area contributed by atoms with E-state index in [1.165, 1.54) is 30.5 Å². The van der Waals surface area contributed by atoms with Crippen LogP contribution in [0.25, 0.3) is 0 Å². The summed E-state index contributed by atoms with van der Waals surface area (Å²) in [4.78, 5) is 24.3. The van der Waals surface area contributed by atoms with Gasteiger partial charge in [0.05, 0.1) is 17.7 Å². The van der Waals surface area contributed by atoms with Crippen LogP contribution in [0, 0.1) is 0 Å². The Kier molecular flexibility index (Phi) is 6.43. The predicted molar refractivity (Wildman–Crippen MR) is 105 cm³/mol. The second-order valence-electron chi connectivity index (χ2n) is 6.05. The standard InChI is InChI=1S/C20H19N3O5S/c24-19(21-22-20(25)18-12-7-13-28-18)15-23(14-16-8-3-1-4-9-16)29(26,27)17-10-5-2-6-11-17/h1-13H,14-15H2,(H,21,24)(H,22,25). The van der Waals surface area contributed by atoms with E-state index in [0.29, 0.717) is 0 Å². The molecule has 0 aliphatic rings. The van der Waals surface area contributed by atoms with E-state index in [2.05, 4.69) is 10.9 Å². The van der Waals surface area contributed by atoms with Gasteiger partial charge < -0.3 is 4.42 Å². The van der Waals surface area contributed by atoms with Gasteiger partial charge in [0, 0.05) is 6.54 Å². The molecule has 8 nitrogen and oxygen atoms in total. The van der Waals surface area contributed by atoms with Crippen LogP contribution in [0.3, 0.4) is 0 Å². The van der Waals surface area contributed by atoms with Crippen molar-refractivity contribution in [3.63, 3.8) is 0 Å². The smallest absolute Gasteiger partial charge is 0.305 e. The molecule has 0 bridgehead atoms. The molecule has 2 aromatic carbocycles. The molecule has 9 heteroatoms. The Balaban J connectivity index is 1.74. The van der Waals surface area contributed by atoms with E-state index in [0.717, 1.165) is 9.87 Å². The largest absolute Gasteiger partial charge is 0.459 e. The zero-order chi connectivity index (χ0) is 20.7. The number of furan rings is 1. The highest BCUT2D eigenvalue weighted by Gasteiger charge is 2.27. The highest BCUT2D eigenvalue weighted by atomic mass is 32.2. The number of hydrogen-bond donors (Lipinski definition) is 2. The minimum Gasteiger partial charge on any atom is -0.459 e. The van der Waals surface area contributed by atoms with Crippen molar-refractivity contribution in [3.8, 4) is 0 Å². The first-order chi connectivity index (χ1) is 14.0. The quantitative estimate of drug-likeness (QED) is 0.576. The first-order valence-electron chi connectivity index (χ1n) is 8.68. The average molecular weight is 413 g/mol. The number of nitrogens with one attached hydrogen (secondary N) is 2. The lowest BCUT2D eigenvalue weighted by molar-refractivity contribution is -0.122. The fourth-order valence-electron chi connectivity index (χ4n) is 2.55. The molecule has 1 aromatic heterocycles. The van der Waals surface area contributed by atoms with Gasteiger partial charge in [-0.25, -0.2) is 8.42 Å². The van der Waals surface area contributed by atoms with Gasteiger partial charge in [0.2, 0.25) is 10.0 Å². The third kappa shape index (κ3) is 5.31. The molecular weight excluding hydrogens is 394 g/mol. The van der Waals surface area contributed by atoms with Crippen molar-refractivity contribution in [2.24, 2.45) is 0 Å². The number of carbonyl (C=O) groups is 2. The number of rotatable bonds is 7. The molecule has 0 atom stereocenters. The van der Waals surface area contributed by atoms with Crippen LogP contribution in [0.1, 0.15) is 16.1 Å². The summed E-state index contributed by atoms with van der Waals surface area (Å²) in [6.07, 6.45) is 1.32. The molecule has 2 N–H and O–H groups in total. The van der Waals surface area contributed by atoms with E-state index in [1.54, 1.807) is 42.5 Å². The zero-order valence-corrected chi connectivity index (χ0v) is 16.1. The van der Waals surface area contributed by atoms with Crippen LogP contribution in [0.5, 0.6) is 0 Å². The fourth-order valence-corrected chi connectivity index (χ4v) is 3.96. The second-order valence-corrected chi connectivity index (χ2v) is 7.99. The number of nitrogens with zero attached hydrogens (tertiary/aromatic N) is 1. The molecule has 0 aliphatic carbocycles. The van der Waals surface area contributed by atoms with Crippen molar-refractivity contribution in [1.82, 2.24) is 15.2 Å². The Hall–Kier alpha value is -3.43. The maximum Gasteiger partial charge on any atom is 0.305 e. The highest BCUT2D eigenvalue weighted by molar-refractivity contribution is 7.89. The van der Waals surface area contributed by atoms with Gasteiger partial charge in [-0.1, -0.05) is 48.5 Å². The first kappa shape index (κ1) is 20.3. The number of hydrogen-bond acceptors (Lipinski definition) is 5. The molecule has 0 fully saturated rings. The highest BCUT2D eigenvalue weighted by Crippen LogP contribution is 2.18. The molecule has 0 saturated carbocycles. The van der Waals surface area contributed by atoms with Gasteiger partial charge in [-0.15, -0.1) is 0 Å². The lowest BCUT2D eigenvalue weighted by Crippen LogP contribution is -2.47. The number of amides is 2. The minimum absolute atomic E-state index is 0.00236. The summed E-state index contributed by atoms with van der Waals surface area (Å²) in [5.74, 6) is -1.33. The molecule has 0 aliphatic heterocycles. The molecular formula is C20H19N3O5S. The van der Waals surface area contributed by atoms with E-state index >= 15 is 0 Å². The van der Waals surface area contributed by atoms with Crippen molar-refractivity contribution in [2.45, 2.75) is 11.4 Å². The number of carbonyl (C=O) groups excluding carboxylic acids is 2. The minimum atomic E-state index is -3.93. The summed E-state index contributed by atoms with van der Waals surface area (Å²) < 4.78 is 32.1. The van der Waals surface area contributed by atoms with Gasteiger partial charge in [0.15, 0.2) is 5.76 Å². The number of sulfonamides is 1. The third-order valence-corrected chi connectivity index (χ3v) is 5.77. The first-order valence-corrected chi connectivity index (χ1v) is 10.1. The van der Waals surface area contributed by atoms with E-state index in [4.69, 9.17) is 4.42 Å². The molecule has 0 spiro atoms. The SMILES string of the molecule is O=C(CN(Cc1ccccc1)S(=O)(=O)c1ccccc1)NNC(=O)c1ccco1. The molecule has 29 heavy (non-hydrogen) atoms. The van der Waals surface area contributed by atoms with Crippen molar-refractivity contribution in [1.29, 1.82) is 0 Å². The van der Waals surface area contributed by atoms with E-state index in [1.807, 2.05) is 6.07 Å². The topological polar surface area (TPSA) is 109 Å². The van der Waals surface area contributed by atoms with Crippen LogP contribution in [-0.4, -0.2) is 31.1 Å². The van der Waals surface area contributed by atoms with Crippen molar-refractivity contribution < 1.29 is 22.4 Å². The summed E-state index contributed by atoms with van der Waals surface area (Å²) >= 11 is 0. The predicted octanol–water partition coefficient (Wildman–Crippen LogP) is 1.93. The van der Waals surface area contributed by atoms with Crippen LogP contribution in [0.15, 0.2) is 88.4 Å². The Morgan fingerprint density at radius 3 is 2.14 bits per heavy atom. The Bertz CT molecular complexity index is 1050. The molecule has 0 radical (unpaired) electrons. The Morgan fingerprint density at radius 2 is 1.52 bits per heavy atom. The zero-order valence-electron chi connectivity index (χ0n) is 15.3. The van der Waals surface area contributed by atoms with E-state index < -0.39 is 28.4 Å². The summed E-state index contributed by atoms with van der Waals surface area (Å²) in [5.41, 5.74) is 5.12. The van der Waals surface area contributed by atoms with Gasteiger partial charge in [0.1, 0.15) is 0 Å². The lowest BCUT2D eigenvalue weighted by Gasteiger charge is -2.22.